The zero-order valence-corrected chi connectivity index (χ0v) is 16.1. The predicted octanol–water partition coefficient (Wildman–Crippen LogP) is 3.64. The zero-order chi connectivity index (χ0) is 19.6. The molecule has 1 aliphatic carbocycles. The van der Waals surface area contributed by atoms with Gasteiger partial charge in [0.05, 0.1) is 11.7 Å². The van der Waals surface area contributed by atoms with Gasteiger partial charge >= 0.3 is 5.97 Å². The number of aliphatic hydroxyl groups excluding tert-OH is 1. The van der Waals surface area contributed by atoms with Gasteiger partial charge in [-0.05, 0) is 32.6 Å². The molecule has 1 fully saturated rings. The van der Waals surface area contributed by atoms with Gasteiger partial charge in [-0.25, -0.2) is 0 Å². The predicted molar refractivity (Wildman–Crippen MR) is 102 cm³/mol. The molecule has 1 aliphatic rings. The number of carbonyl (C=O) groups is 2. The van der Waals surface area contributed by atoms with Crippen LogP contribution in [0.3, 0.4) is 0 Å². The van der Waals surface area contributed by atoms with Crippen molar-refractivity contribution in [1.29, 1.82) is 0 Å². The van der Waals surface area contributed by atoms with Crippen molar-refractivity contribution in [3.05, 3.63) is 24.3 Å². The molecule has 5 heteroatoms. The van der Waals surface area contributed by atoms with Crippen LogP contribution in [-0.2, 0) is 9.59 Å². The van der Waals surface area contributed by atoms with Crippen LogP contribution in [0.2, 0.25) is 0 Å². The Morgan fingerprint density at radius 2 is 2.00 bits per heavy atom. The first-order valence-corrected chi connectivity index (χ1v) is 9.76. The molecule has 0 aliphatic heterocycles. The first-order valence-electron chi connectivity index (χ1n) is 9.76. The number of hydrogen-bond acceptors (Lipinski definition) is 4. The Morgan fingerprint density at radius 1 is 1.27 bits per heavy atom. The lowest BCUT2D eigenvalue weighted by atomic mass is 9.88. The Morgan fingerprint density at radius 3 is 2.65 bits per heavy atom. The maximum atomic E-state index is 12.2. The monoisotopic (exact) mass is 366 g/mol. The quantitative estimate of drug-likeness (QED) is 0.362. The van der Waals surface area contributed by atoms with Crippen molar-refractivity contribution in [3.63, 3.8) is 0 Å². The molecule has 5 nitrogen and oxygen atoms in total. The summed E-state index contributed by atoms with van der Waals surface area (Å²) in [7, 11) is 0. The summed E-state index contributed by atoms with van der Waals surface area (Å²) in [5.74, 6) is -1.33. The normalized spacial score (nSPS) is 26.0. The molecule has 3 N–H and O–H groups in total. The van der Waals surface area contributed by atoms with Gasteiger partial charge in [-0.3, -0.25) is 9.59 Å². The lowest BCUT2D eigenvalue weighted by Crippen LogP contribution is -2.23. The largest absolute Gasteiger partial charge is 0.481 e. The fraction of sp³-hybridized carbons (Fsp3) is 0.714. The van der Waals surface area contributed by atoms with Crippen LogP contribution in [0.1, 0.15) is 71.6 Å². The molecule has 0 radical (unpaired) electrons. The van der Waals surface area contributed by atoms with Crippen LogP contribution < -0.4 is 0 Å². The summed E-state index contributed by atoms with van der Waals surface area (Å²) in [6.07, 6.45) is 12.6. The number of allylic oxidation sites excluding steroid dienone is 3. The molecule has 0 aromatic heterocycles. The molecule has 148 valence electrons. The summed E-state index contributed by atoms with van der Waals surface area (Å²) >= 11 is 0. The average molecular weight is 366 g/mol. The van der Waals surface area contributed by atoms with Gasteiger partial charge in [-0.15, -0.1) is 0 Å². The van der Waals surface area contributed by atoms with Gasteiger partial charge in [0.15, 0.2) is 0 Å². The highest BCUT2D eigenvalue weighted by Gasteiger charge is 2.39. The number of aliphatic hydroxyl groups is 2. The van der Waals surface area contributed by atoms with Crippen molar-refractivity contribution in [2.24, 2.45) is 11.8 Å². The topological polar surface area (TPSA) is 94.8 Å². The summed E-state index contributed by atoms with van der Waals surface area (Å²) in [6, 6.07) is 0. The maximum Gasteiger partial charge on any atom is 0.303 e. The van der Waals surface area contributed by atoms with Gasteiger partial charge in [-0.2, -0.15) is 0 Å². The molecule has 0 spiro atoms. The van der Waals surface area contributed by atoms with E-state index in [2.05, 4.69) is 6.92 Å². The van der Waals surface area contributed by atoms with E-state index in [0.29, 0.717) is 25.7 Å². The molecule has 4 atom stereocenters. The third-order valence-corrected chi connectivity index (χ3v) is 5.02. The SMILES string of the molecule is CCCCC[C@@](C)(O)C=C[C@H]1C(=O)CC(O)C1CC=CCCCC(=O)O. The minimum absolute atomic E-state index is 0.0161. The number of aliphatic carboxylic acids is 1. The van der Waals surface area contributed by atoms with Gasteiger partial charge < -0.3 is 15.3 Å². The summed E-state index contributed by atoms with van der Waals surface area (Å²) < 4.78 is 0. The molecular weight excluding hydrogens is 332 g/mol. The Labute approximate surface area is 156 Å². The minimum atomic E-state index is -0.930. The summed E-state index contributed by atoms with van der Waals surface area (Å²) in [5.41, 5.74) is -0.930. The second kappa shape index (κ2) is 11.3. The van der Waals surface area contributed by atoms with Gasteiger partial charge in [-0.1, -0.05) is 50.5 Å². The van der Waals surface area contributed by atoms with Crippen LogP contribution in [0, 0.1) is 11.8 Å². The van der Waals surface area contributed by atoms with Crippen molar-refractivity contribution in [1.82, 2.24) is 0 Å². The van der Waals surface area contributed by atoms with Crippen LogP contribution in [-0.4, -0.2) is 38.8 Å². The third kappa shape index (κ3) is 8.28. The molecule has 0 aromatic carbocycles. The van der Waals surface area contributed by atoms with Gasteiger partial charge in [0.25, 0.3) is 0 Å². The molecule has 0 bridgehead atoms. The van der Waals surface area contributed by atoms with Gasteiger partial charge in [0.2, 0.25) is 0 Å². The number of hydrogen-bond donors (Lipinski definition) is 3. The average Bonchev–Trinajstić information content (AvgIpc) is 2.82. The number of rotatable bonds is 12. The standard InChI is InChI=1S/C21H34O5/c1-3-4-9-13-21(2,26)14-12-17-16(18(22)15-19(17)23)10-7-5-6-8-11-20(24)25/h5,7,12,14,16-18,22,26H,3-4,6,8-11,13,15H2,1-2H3,(H,24,25)/t16?,17-,18?,21-/m1/s1. The summed E-state index contributed by atoms with van der Waals surface area (Å²) in [5, 5.41) is 29.2. The summed E-state index contributed by atoms with van der Waals surface area (Å²) in [6.45, 7) is 3.87. The molecule has 0 saturated heterocycles. The Balaban J connectivity index is 2.58. The number of carboxylic acid groups (broad SMARTS) is 1. The second-order valence-electron chi connectivity index (χ2n) is 7.59. The fourth-order valence-corrected chi connectivity index (χ4v) is 3.39. The van der Waals surface area contributed by atoms with Crippen molar-refractivity contribution in [2.45, 2.75) is 83.3 Å². The van der Waals surface area contributed by atoms with Crippen molar-refractivity contribution >= 4 is 11.8 Å². The molecule has 0 aromatic rings. The van der Waals surface area contributed by atoms with Crippen LogP contribution >= 0.6 is 0 Å². The van der Waals surface area contributed by atoms with Crippen molar-refractivity contribution in [3.8, 4) is 0 Å². The van der Waals surface area contributed by atoms with E-state index in [-0.39, 0.29) is 30.5 Å². The number of Topliss-reactive ketones (excluding diaryl/α,β-unsaturated/α-hetero) is 1. The highest BCUT2D eigenvalue weighted by molar-refractivity contribution is 5.86. The van der Waals surface area contributed by atoms with E-state index < -0.39 is 17.7 Å². The number of unbranched alkanes of at least 4 members (excludes halogenated alkanes) is 3. The van der Waals surface area contributed by atoms with E-state index >= 15 is 0 Å². The zero-order valence-electron chi connectivity index (χ0n) is 16.1. The molecule has 2 unspecified atom stereocenters. The smallest absolute Gasteiger partial charge is 0.303 e. The lowest BCUT2D eigenvalue weighted by Gasteiger charge is -2.21. The van der Waals surface area contributed by atoms with E-state index in [1.165, 1.54) is 0 Å². The lowest BCUT2D eigenvalue weighted by molar-refractivity contribution is -0.137. The first kappa shape index (κ1) is 22.6. The number of ketones is 1. The van der Waals surface area contributed by atoms with Gasteiger partial charge in [0.1, 0.15) is 5.78 Å². The molecule has 1 saturated carbocycles. The van der Waals surface area contributed by atoms with E-state index in [9.17, 15) is 19.8 Å². The molecule has 1 rings (SSSR count). The highest BCUT2D eigenvalue weighted by Crippen LogP contribution is 2.34. The molecule has 0 amide bonds. The maximum absolute atomic E-state index is 12.2. The van der Waals surface area contributed by atoms with Crippen LogP contribution in [0.5, 0.6) is 0 Å². The van der Waals surface area contributed by atoms with E-state index in [1.807, 2.05) is 12.2 Å². The second-order valence-corrected chi connectivity index (χ2v) is 7.59. The molecular formula is C21H34O5. The highest BCUT2D eigenvalue weighted by atomic mass is 16.4. The Bertz CT molecular complexity index is 507. The number of carbonyl (C=O) groups excluding carboxylic acids is 1. The number of carboxylic acids is 1. The Hall–Kier alpha value is -1.46. The summed E-state index contributed by atoms with van der Waals surface area (Å²) in [4.78, 5) is 22.7. The van der Waals surface area contributed by atoms with Crippen LogP contribution in [0.15, 0.2) is 24.3 Å². The van der Waals surface area contributed by atoms with E-state index in [4.69, 9.17) is 5.11 Å². The van der Waals surface area contributed by atoms with E-state index in [1.54, 1.807) is 19.1 Å². The fourth-order valence-electron chi connectivity index (χ4n) is 3.39. The van der Waals surface area contributed by atoms with Crippen molar-refractivity contribution < 1.29 is 24.9 Å². The van der Waals surface area contributed by atoms with Crippen LogP contribution in [0.25, 0.3) is 0 Å². The Kier molecular flexibility index (Phi) is 9.81. The van der Waals surface area contributed by atoms with Gasteiger partial charge in [0, 0.05) is 24.7 Å². The molecule has 26 heavy (non-hydrogen) atoms. The van der Waals surface area contributed by atoms with Crippen molar-refractivity contribution in [2.75, 3.05) is 0 Å². The third-order valence-electron chi connectivity index (χ3n) is 5.02. The van der Waals surface area contributed by atoms with E-state index in [0.717, 1.165) is 19.3 Å². The first-order chi connectivity index (χ1) is 12.3. The van der Waals surface area contributed by atoms with Crippen LogP contribution in [0.4, 0.5) is 0 Å². The molecule has 0 heterocycles. The minimum Gasteiger partial charge on any atom is -0.481 e.